The van der Waals surface area contributed by atoms with Crippen molar-refractivity contribution in [1.82, 2.24) is 4.90 Å². The molecule has 2 heterocycles. The van der Waals surface area contributed by atoms with Crippen molar-refractivity contribution in [1.29, 1.82) is 0 Å². The van der Waals surface area contributed by atoms with Gasteiger partial charge >= 0.3 is 0 Å². The molecule has 23 heavy (non-hydrogen) atoms. The highest BCUT2D eigenvalue weighted by molar-refractivity contribution is 5.81. The van der Waals surface area contributed by atoms with Gasteiger partial charge in [0.1, 0.15) is 0 Å². The normalized spacial score (nSPS) is 17.4. The van der Waals surface area contributed by atoms with E-state index in [1.165, 1.54) is 33.6 Å². The first-order chi connectivity index (χ1) is 11.3. The standard InChI is InChI=1S/C19H23N3O/c1-14-16(12-22-7-9-23-10-8-22)3-2-4-17(14)15-5-6-18-19(11-15)21-13-20-18/h2-6,11,20-21H,7-10,12-13H2,1H3. The Morgan fingerprint density at radius 3 is 2.74 bits per heavy atom. The molecule has 0 atom stereocenters. The van der Waals surface area contributed by atoms with Crippen LogP contribution in [0.2, 0.25) is 0 Å². The van der Waals surface area contributed by atoms with E-state index < -0.39 is 0 Å². The van der Waals surface area contributed by atoms with Gasteiger partial charge in [-0.25, -0.2) is 0 Å². The monoisotopic (exact) mass is 309 g/mol. The van der Waals surface area contributed by atoms with E-state index in [9.17, 15) is 0 Å². The molecule has 0 aromatic heterocycles. The molecule has 4 heteroatoms. The summed E-state index contributed by atoms with van der Waals surface area (Å²) in [5.74, 6) is 0. The number of nitrogens with zero attached hydrogens (tertiary/aromatic N) is 1. The van der Waals surface area contributed by atoms with Crippen LogP contribution in [-0.4, -0.2) is 37.9 Å². The second-order valence-corrected chi connectivity index (χ2v) is 6.27. The number of anilines is 2. The molecule has 1 fully saturated rings. The van der Waals surface area contributed by atoms with Crippen LogP contribution < -0.4 is 10.6 Å². The zero-order chi connectivity index (χ0) is 15.6. The molecule has 2 aliphatic rings. The first-order valence-corrected chi connectivity index (χ1v) is 8.32. The lowest BCUT2D eigenvalue weighted by Crippen LogP contribution is -2.35. The third kappa shape index (κ3) is 2.92. The fourth-order valence-corrected chi connectivity index (χ4v) is 3.41. The van der Waals surface area contributed by atoms with Gasteiger partial charge in [-0.05, 0) is 41.3 Å². The van der Waals surface area contributed by atoms with Crippen LogP contribution in [0, 0.1) is 6.92 Å². The molecule has 4 rings (SSSR count). The lowest BCUT2D eigenvalue weighted by atomic mass is 9.95. The van der Waals surface area contributed by atoms with Crippen LogP contribution in [-0.2, 0) is 11.3 Å². The van der Waals surface area contributed by atoms with Crippen molar-refractivity contribution in [2.45, 2.75) is 13.5 Å². The largest absolute Gasteiger partial charge is 0.379 e. The van der Waals surface area contributed by atoms with Gasteiger partial charge in [-0.3, -0.25) is 4.90 Å². The molecule has 0 saturated carbocycles. The van der Waals surface area contributed by atoms with E-state index in [1.807, 2.05) is 0 Å². The molecule has 2 aromatic carbocycles. The second-order valence-electron chi connectivity index (χ2n) is 6.27. The minimum absolute atomic E-state index is 0.814. The van der Waals surface area contributed by atoms with Crippen molar-refractivity contribution in [3.05, 3.63) is 47.5 Å². The topological polar surface area (TPSA) is 36.5 Å². The van der Waals surface area contributed by atoms with Gasteiger partial charge in [0.05, 0.1) is 31.3 Å². The number of benzene rings is 2. The van der Waals surface area contributed by atoms with E-state index in [0.717, 1.165) is 39.5 Å². The van der Waals surface area contributed by atoms with E-state index >= 15 is 0 Å². The molecule has 2 N–H and O–H groups in total. The van der Waals surface area contributed by atoms with Crippen LogP contribution in [0.4, 0.5) is 11.4 Å². The molecular weight excluding hydrogens is 286 g/mol. The molecule has 120 valence electrons. The molecule has 4 nitrogen and oxygen atoms in total. The van der Waals surface area contributed by atoms with Gasteiger partial charge in [0.25, 0.3) is 0 Å². The maximum absolute atomic E-state index is 5.45. The Kier molecular flexibility index (Phi) is 3.93. The van der Waals surface area contributed by atoms with Crippen LogP contribution in [0.3, 0.4) is 0 Å². The van der Waals surface area contributed by atoms with Gasteiger partial charge in [-0.1, -0.05) is 24.3 Å². The molecule has 0 aliphatic carbocycles. The van der Waals surface area contributed by atoms with Gasteiger partial charge in [-0.15, -0.1) is 0 Å². The Labute approximate surface area is 137 Å². The highest BCUT2D eigenvalue weighted by Gasteiger charge is 2.15. The Hall–Kier alpha value is -2.04. The molecule has 0 unspecified atom stereocenters. The zero-order valence-corrected chi connectivity index (χ0v) is 13.6. The Bertz CT molecular complexity index is 708. The molecule has 0 spiro atoms. The second kappa shape index (κ2) is 6.22. The molecule has 0 amide bonds. The van der Waals surface area contributed by atoms with Crippen LogP contribution in [0.15, 0.2) is 36.4 Å². The number of hydrogen-bond donors (Lipinski definition) is 2. The average molecular weight is 309 g/mol. The summed E-state index contributed by atoms with van der Waals surface area (Å²) in [6.45, 7) is 7.81. The quantitative estimate of drug-likeness (QED) is 0.912. The smallest absolute Gasteiger partial charge is 0.0850 e. The minimum atomic E-state index is 0.814. The van der Waals surface area contributed by atoms with Crippen molar-refractivity contribution >= 4 is 11.4 Å². The van der Waals surface area contributed by atoms with E-state index in [0.29, 0.717) is 0 Å². The van der Waals surface area contributed by atoms with Crippen LogP contribution in [0.5, 0.6) is 0 Å². The van der Waals surface area contributed by atoms with Crippen molar-refractivity contribution < 1.29 is 4.74 Å². The molecule has 0 bridgehead atoms. The number of fused-ring (bicyclic) bond motifs is 1. The lowest BCUT2D eigenvalue weighted by Gasteiger charge is -2.27. The van der Waals surface area contributed by atoms with Crippen LogP contribution in [0.1, 0.15) is 11.1 Å². The van der Waals surface area contributed by atoms with E-state index in [2.05, 4.69) is 58.9 Å². The first kappa shape index (κ1) is 14.5. The van der Waals surface area contributed by atoms with Gasteiger partial charge in [-0.2, -0.15) is 0 Å². The fraction of sp³-hybridized carbons (Fsp3) is 0.368. The van der Waals surface area contributed by atoms with E-state index in [4.69, 9.17) is 4.74 Å². The predicted molar refractivity (Wildman–Crippen MR) is 94.8 cm³/mol. The maximum atomic E-state index is 5.45. The van der Waals surface area contributed by atoms with Crippen LogP contribution >= 0.6 is 0 Å². The van der Waals surface area contributed by atoms with Crippen molar-refractivity contribution in [2.24, 2.45) is 0 Å². The predicted octanol–water partition coefficient (Wildman–Crippen LogP) is 3.29. The summed E-state index contributed by atoms with van der Waals surface area (Å²) in [4.78, 5) is 2.48. The van der Waals surface area contributed by atoms with Crippen molar-refractivity contribution in [2.75, 3.05) is 43.6 Å². The van der Waals surface area contributed by atoms with E-state index in [-0.39, 0.29) is 0 Å². The highest BCUT2D eigenvalue weighted by Crippen LogP contribution is 2.33. The number of morpholine rings is 1. The number of nitrogens with one attached hydrogen (secondary N) is 2. The maximum Gasteiger partial charge on any atom is 0.0850 e. The molecule has 1 saturated heterocycles. The SMILES string of the molecule is Cc1c(CN2CCOCC2)cccc1-c1ccc2c(c1)NCN2. The number of hydrogen-bond acceptors (Lipinski definition) is 4. The highest BCUT2D eigenvalue weighted by atomic mass is 16.5. The number of ether oxygens (including phenoxy) is 1. The average Bonchev–Trinajstić information content (AvgIpc) is 3.05. The Balaban J connectivity index is 1.63. The summed E-state index contributed by atoms with van der Waals surface area (Å²) in [6, 6.07) is 13.3. The lowest BCUT2D eigenvalue weighted by molar-refractivity contribution is 0.0341. The Morgan fingerprint density at radius 2 is 1.87 bits per heavy atom. The third-order valence-electron chi connectivity index (χ3n) is 4.83. The molecular formula is C19H23N3O. The molecule has 0 radical (unpaired) electrons. The van der Waals surface area contributed by atoms with Crippen molar-refractivity contribution in [3.63, 3.8) is 0 Å². The third-order valence-corrected chi connectivity index (χ3v) is 4.83. The van der Waals surface area contributed by atoms with Crippen molar-refractivity contribution in [3.8, 4) is 11.1 Å². The zero-order valence-electron chi connectivity index (χ0n) is 13.6. The van der Waals surface area contributed by atoms with Gasteiger partial charge in [0.2, 0.25) is 0 Å². The minimum Gasteiger partial charge on any atom is -0.379 e. The van der Waals surface area contributed by atoms with E-state index in [1.54, 1.807) is 0 Å². The Morgan fingerprint density at radius 1 is 1.04 bits per heavy atom. The summed E-state index contributed by atoms with van der Waals surface area (Å²) >= 11 is 0. The summed E-state index contributed by atoms with van der Waals surface area (Å²) in [7, 11) is 0. The fourth-order valence-electron chi connectivity index (χ4n) is 3.41. The van der Waals surface area contributed by atoms with Gasteiger partial charge in [0, 0.05) is 19.6 Å². The number of rotatable bonds is 3. The summed E-state index contributed by atoms with van der Waals surface area (Å²) in [5, 5.41) is 6.71. The first-order valence-electron chi connectivity index (χ1n) is 8.32. The summed E-state index contributed by atoms with van der Waals surface area (Å²) in [6.07, 6.45) is 0. The molecule has 2 aromatic rings. The van der Waals surface area contributed by atoms with Gasteiger partial charge in [0.15, 0.2) is 0 Å². The molecule has 2 aliphatic heterocycles. The van der Waals surface area contributed by atoms with Crippen LogP contribution in [0.25, 0.3) is 11.1 Å². The summed E-state index contributed by atoms with van der Waals surface area (Å²) < 4.78 is 5.45. The van der Waals surface area contributed by atoms with Gasteiger partial charge < -0.3 is 15.4 Å². The summed E-state index contributed by atoms with van der Waals surface area (Å²) in [5.41, 5.74) is 7.78.